The maximum absolute atomic E-state index is 12.8. The Labute approximate surface area is 237 Å². The van der Waals surface area contributed by atoms with Crippen molar-refractivity contribution in [3.8, 4) is 0 Å². The summed E-state index contributed by atoms with van der Waals surface area (Å²) in [5.41, 5.74) is 1.77. The van der Waals surface area contributed by atoms with Crippen LogP contribution in [-0.2, 0) is 0 Å². The Kier molecular flexibility index (Phi) is 22.5. The van der Waals surface area contributed by atoms with E-state index in [2.05, 4.69) is 39.9 Å². The van der Waals surface area contributed by atoms with Crippen LogP contribution in [0.2, 0.25) is 0 Å². The highest BCUT2D eigenvalue weighted by Gasteiger charge is 2.32. The van der Waals surface area contributed by atoms with Gasteiger partial charge < -0.3 is 10.2 Å². The molecule has 1 aromatic carbocycles. The minimum atomic E-state index is -4.30. The molecule has 0 amide bonds. The zero-order valence-electron chi connectivity index (χ0n) is 26.3. The molecule has 0 fully saturated rings. The second-order valence-corrected chi connectivity index (χ2v) is 10.2. The lowest BCUT2D eigenvalue weighted by Gasteiger charge is -2.22. The molecule has 0 saturated heterocycles. The number of unbranched alkanes of at least 4 members (excludes halogenated alkanes) is 3. The van der Waals surface area contributed by atoms with Crippen molar-refractivity contribution in [1.82, 2.24) is 10.2 Å². The van der Waals surface area contributed by atoms with E-state index in [0.717, 1.165) is 17.2 Å². The molecule has 1 aromatic rings. The molecule has 0 bridgehead atoms. The standard InChI is InChI=1S/C13H19F3N2.C9H20.C7H7F.C4H10/c1-5-6-11(13(14,15)16)7-9(2)12-8-17-10(3)18(12)4;1-4-6-7-8-9(3)5-2;1-6-3-2-4-7(8)5-6;1-3-4-2/h6-8,10,17H,5H2,1-4H3;9H,4-8H2,1-3H3;2-5H,1H3;3-4H2,1-2H3/b9-7+,11-6+;;;. The first-order valence-electron chi connectivity index (χ1n) is 14.7. The number of halogens is 4. The van der Waals surface area contributed by atoms with E-state index >= 15 is 0 Å². The number of hydrogen-bond acceptors (Lipinski definition) is 2. The lowest BCUT2D eigenvalue weighted by Crippen LogP contribution is -2.30. The Morgan fingerprint density at radius 2 is 1.67 bits per heavy atom. The van der Waals surface area contributed by atoms with Crippen molar-refractivity contribution < 1.29 is 17.6 Å². The Bertz CT molecular complexity index is 821. The van der Waals surface area contributed by atoms with Crippen molar-refractivity contribution >= 4 is 0 Å². The molecule has 2 atom stereocenters. The molecule has 1 aliphatic rings. The third-order valence-corrected chi connectivity index (χ3v) is 6.43. The minimum Gasteiger partial charge on any atom is -0.370 e. The van der Waals surface area contributed by atoms with E-state index in [-0.39, 0.29) is 12.0 Å². The summed E-state index contributed by atoms with van der Waals surface area (Å²) in [6.45, 7) is 18.4. The van der Waals surface area contributed by atoms with Gasteiger partial charge in [0.05, 0.1) is 17.4 Å². The lowest BCUT2D eigenvalue weighted by molar-refractivity contribution is -0.0884. The van der Waals surface area contributed by atoms with Crippen molar-refractivity contribution in [2.75, 3.05) is 7.05 Å². The number of nitrogens with one attached hydrogen (secondary N) is 1. The molecule has 0 radical (unpaired) electrons. The van der Waals surface area contributed by atoms with Crippen LogP contribution in [0.25, 0.3) is 0 Å². The average molecular weight is 557 g/mol. The van der Waals surface area contributed by atoms with Gasteiger partial charge >= 0.3 is 6.18 Å². The van der Waals surface area contributed by atoms with Crippen molar-refractivity contribution in [1.29, 1.82) is 0 Å². The van der Waals surface area contributed by atoms with Gasteiger partial charge in [0.1, 0.15) is 5.82 Å². The Morgan fingerprint density at radius 3 is 2.03 bits per heavy atom. The van der Waals surface area contributed by atoms with Crippen LogP contribution in [0.15, 0.2) is 59.5 Å². The first-order chi connectivity index (χ1) is 18.3. The van der Waals surface area contributed by atoms with Gasteiger partial charge in [-0.25, -0.2) is 4.39 Å². The monoisotopic (exact) mass is 556 g/mol. The van der Waals surface area contributed by atoms with E-state index in [9.17, 15) is 17.6 Å². The highest BCUT2D eigenvalue weighted by Crippen LogP contribution is 2.30. The van der Waals surface area contributed by atoms with Crippen molar-refractivity contribution in [3.63, 3.8) is 0 Å². The van der Waals surface area contributed by atoms with Crippen LogP contribution < -0.4 is 5.32 Å². The summed E-state index contributed by atoms with van der Waals surface area (Å²) in [5.74, 6) is 0.793. The summed E-state index contributed by atoms with van der Waals surface area (Å²) in [5, 5.41) is 3.07. The predicted octanol–water partition coefficient (Wildman–Crippen LogP) is 11.1. The second-order valence-electron chi connectivity index (χ2n) is 10.2. The highest BCUT2D eigenvalue weighted by atomic mass is 19.4. The largest absolute Gasteiger partial charge is 0.416 e. The Balaban J connectivity index is 0. The van der Waals surface area contributed by atoms with E-state index < -0.39 is 11.7 Å². The zero-order valence-corrected chi connectivity index (χ0v) is 26.3. The van der Waals surface area contributed by atoms with Gasteiger partial charge in [0.25, 0.3) is 0 Å². The number of aryl methyl sites for hydroxylation is 1. The molecule has 0 saturated carbocycles. The van der Waals surface area contributed by atoms with Crippen molar-refractivity contribution in [3.05, 3.63) is 70.8 Å². The third kappa shape index (κ3) is 19.5. The SMILES string of the molecule is CC/C=C(\C=C(/C)C1=CNC(C)N1C)C(F)(F)F.CCCC.CCCCCC(C)CC.Cc1cccc(F)c1. The fourth-order valence-electron chi connectivity index (χ4n) is 3.35. The maximum atomic E-state index is 12.8. The average Bonchev–Trinajstić information content (AvgIpc) is 3.22. The van der Waals surface area contributed by atoms with Crippen LogP contribution in [0, 0.1) is 18.7 Å². The Hall–Kier alpha value is -2.24. The maximum Gasteiger partial charge on any atom is 0.416 e. The van der Waals surface area contributed by atoms with Gasteiger partial charge in [-0.1, -0.05) is 105 Å². The highest BCUT2D eigenvalue weighted by molar-refractivity contribution is 5.38. The summed E-state index contributed by atoms with van der Waals surface area (Å²) >= 11 is 0. The quantitative estimate of drug-likeness (QED) is 0.185. The van der Waals surface area contributed by atoms with Crippen molar-refractivity contribution in [2.45, 2.75) is 126 Å². The topological polar surface area (TPSA) is 15.3 Å². The smallest absolute Gasteiger partial charge is 0.370 e. The van der Waals surface area contributed by atoms with Crippen LogP contribution in [0.3, 0.4) is 0 Å². The first kappa shape index (κ1) is 38.9. The van der Waals surface area contributed by atoms with Gasteiger partial charge in [0.2, 0.25) is 0 Å². The molecule has 39 heavy (non-hydrogen) atoms. The molecule has 0 aliphatic carbocycles. The summed E-state index contributed by atoms with van der Waals surface area (Å²) in [7, 11) is 1.85. The summed E-state index contributed by atoms with van der Waals surface area (Å²) in [4.78, 5) is 1.91. The first-order valence-corrected chi connectivity index (χ1v) is 14.7. The predicted molar refractivity (Wildman–Crippen MR) is 162 cm³/mol. The number of hydrogen-bond donors (Lipinski definition) is 1. The molecule has 2 unspecified atom stereocenters. The van der Waals surface area contributed by atoms with E-state index in [4.69, 9.17) is 0 Å². The minimum absolute atomic E-state index is 0.104. The molecular formula is C33H56F4N2. The third-order valence-electron chi connectivity index (χ3n) is 6.43. The molecule has 2 rings (SSSR count). The number of alkyl halides is 3. The summed E-state index contributed by atoms with van der Waals surface area (Å²) < 4.78 is 50.5. The fourth-order valence-corrected chi connectivity index (χ4v) is 3.35. The fraction of sp³-hybridized carbons (Fsp3) is 0.636. The molecule has 2 nitrogen and oxygen atoms in total. The van der Waals surface area contributed by atoms with E-state index in [1.54, 1.807) is 26.1 Å². The number of likely N-dealkylation sites (N-methyl/N-ethyl adjacent to an activating group) is 1. The number of benzene rings is 1. The zero-order chi connectivity index (χ0) is 30.4. The summed E-state index contributed by atoms with van der Waals surface area (Å²) in [6, 6.07) is 6.50. The number of rotatable bonds is 9. The molecule has 6 heteroatoms. The van der Waals surface area contributed by atoms with E-state index in [0.29, 0.717) is 12.0 Å². The van der Waals surface area contributed by atoms with Crippen LogP contribution in [0.1, 0.15) is 112 Å². The number of allylic oxidation sites excluding steroid dienone is 4. The van der Waals surface area contributed by atoms with Gasteiger partial charge in [-0.2, -0.15) is 13.2 Å². The number of nitrogens with zero attached hydrogens (tertiary/aromatic N) is 1. The van der Waals surface area contributed by atoms with Crippen LogP contribution >= 0.6 is 0 Å². The van der Waals surface area contributed by atoms with Crippen LogP contribution in [-0.4, -0.2) is 24.3 Å². The molecule has 1 aliphatic heterocycles. The summed E-state index contributed by atoms with van der Waals surface area (Å²) in [6.07, 6.45) is 9.96. The molecule has 1 N–H and O–H groups in total. The second kappa shape index (κ2) is 22.6. The molecule has 0 aromatic heterocycles. The lowest BCUT2D eigenvalue weighted by atomic mass is 10.0. The normalized spacial score (nSPS) is 16.0. The van der Waals surface area contributed by atoms with Gasteiger partial charge in [-0.15, -0.1) is 0 Å². The molecular weight excluding hydrogens is 500 g/mol. The van der Waals surface area contributed by atoms with Crippen LogP contribution in [0.4, 0.5) is 17.6 Å². The Morgan fingerprint density at radius 1 is 1.05 bits per heavy atom. The van der Waals surface area contributed by atoms with Gasteiger partial charge in [-0.05, 0) is 62.5 Å². The molecule has 226 valence electrons. The molecule has 1 heterocycles. The van der Waals surface area contributed by atoms with Gasteiger partial charge in [0, 0.05) is 13.2 Å². The van der Waals surface area contributed by atoms with Crippen molar-refractivity contribution in [2.24, 2.45) is 5.92 Å². The molecule has 0 spiro atoms. The van der Waals surface area contributed by atoms with E-state index in [1.807, 2.05) is 31.9 Å². The van der Waals surface area contributed by atoms with E-state index in [1.165, 1.54) is 69.2 Å². The van der Waals surface area contributed by atoms with Gasteiger partial charge in [0.15, 0.2) is 0 Å². The van der Waals surface area contributed by atoms with Gasteiger partial charge in [-0.3, -0.25) is 0 Å². The van der Waals surface area contributed by atoms with Crippen LogP contribution in [0.5, 0.6) is 0 Å².